The highest BCUT2D eigenvalue weighted by molar-refractivity contribution is 14.0. The molecule has 0 radical (unpaired) electrons. The van der Waals surface area contributed by atoms with Gasteiger partial charge in [0.1, 0.15) is 5.65 Å². The summed E-state index contributed by atoms with van der Waals surface area (Å²) in [5, 5.41) is 6.70. The van der Waals surface area contributed by atoms with Crippen LogP contribution in [0.3, 0.4) is 0 Å². The summed E-state index contributed by atoms with van der Waals surface area (Å²) in [6.07, 6.45) is 4.95. The lowest BCUT2D eigenvalue weighted by molar-refractivity contribution is 0.0945. The normalized spacial score (nSPS) is 12.4. The number of imidazole rings is 1. The van der Waals surface area contributed by atoms with E-state index in [1.807, 2.05) is 47.0 Å². The molecule has 0 aliphatic rings. The van der Waals surface area contributed by atoms with Crippen LogP contribution in [0.4, 0.5) is 0 Å². The fraction of sp³-hybridized carbons (Fsp3) is 0.391. The third kappa shape index (κ3) is 7.95. The first-order valence-electron chi connectivity index (χ1n) is 10.3. The number of rotatable bonds is 10. The quantitative estimate of drug-likeness (QED) is 0.242. The number of nitrogens with zero attached hydrogens (tertiary/aromatic N) is 3. The fourth-order valence-electron chi connectivity index (χ4n) is 3.01. The van der Waals surface area contributed by atoms with Crippen molar-refractivity contribution in [2.24, 2.45) is 10.9 Å². The van der Waals surface area contributed by atoms with E-state index in [1.165, 1.54) is 5.56 Å². The van der Waals surface area contributed by atoms with Crippen LogP contribution in [0.15, 0.2) is 65.9 Å². The zero-order valence-corrected chi connectivity index (χ0v) is 20.1. The number of fused-ring (bicyclic) bond motifs is 1. The molecule has 1 atom stereocenters. The summed E-state index contributed by atoms with van der Waals surface area (Å²) < 4.78 is 7.87. The van der Waals surface area contributed by atoms with Crippen LogP contribution in [0.1, 0.15) is 25.1 Å². The molecular weight excluding hydrogens is 489 g/mol. The van der Waals surface area contributed by atoms with Gasteiger partial charge in [-0.2, -0.15) is 0 Å². The van der Waals surface area contributed by atoms with Crippen molar-refractivity contribution < 1.29 is 4.74 Å². The van der Waals surface area contributed by atoms with Gasteiger partial charge in [0.05, 0.1) is 18.9 Å². The van der Waals surface area contributed by atoms with Crippen LogP contribution in [0, 0.1) is 5.92 Å². The summed E-state index contributed by atoms with van der Waals surface area (Å²) in [6.45, 7) is 7.91. The third-order valence-corrected chi connectivity index (χ3v) is 4.51. The average Bonchev–Trinajstić information content (AvgIpc) is 3.15. The summed E-state index contributed by atoms with van der Waals surface area (Å²) in [7, 11) is 0. The standard InChI is InChI=1S/C23H31N5O.HI/c1-3-24-23(25-13-12-21-16-28-14-8-7-11-22(28)27-21)26-15-19(2)17-29-18-20-9-5-4-6-10-20;/h4-11,14,16,19H,3,12-13,15,17-18H2,1-2H3,(H2,24,25,26);1H. The van der Waals surface area contributed by atoms with Crippen molar-refractivity contribution in [3.8, 4) is 0 Å². The molecule has 1 aromatic carbocycles. The second-order valence-corrected chi connectivity index (χ2v) is 7.20. The van der Waals surface area contributed by atoms with E-state index in [1.54, 1.807) is 0 Å². The first kappa shape index (κ1) is 24.1. The third-order valence-electron chi connectivity index (χ3n) is 4.51. The Kier molecular flexibility index (Phi) is 10.6. The van der Waals surface area contributed by atoms with Crippen molar-refractivity contribution in [3.63, 3.8) is 0 Å². The Labute approximate surface area is 196 Å². The van der Waals surface area contributed by atoms with E-state index in [2.05, 4.69) is 47.8 Å². The molecule has 0 aliphatic carbocycles. The second-order valence-electron chi connectivity index (χ2n) is 7.20. The summed E-state index contributed by atoms with van der Waals surface area (Å²) in [5.41, 5.74) is 3.25. The lowest BCUT2D eigenvalue weighted by Crippen LogP contribution is -2.38. The zero-order valence-electron chi connectivity index (χ0n) is 17.8. The molecule has 0 spiro atoms. The highest BCUT2D eigenvalue weighted by Crippen LogP contribution is 2.05. The van der Waals surface area contributed by atoms with Gasteiger partial charge in [0.15, 0.2) is 5.96 Å². The van der Waals surface area contributed by atoms with E-state index >= 15 is 0 Å². The monoisotopic (exact) mass is 521 g/mol. The van der Waals surface area contributed by atoms with Crippen LogP contribution < -0.4 is 10.6 Å². The number of hydrogen-bond acceptors (Lipinski definition) is 3. The number of aromatic nitrogens is 2. The van der Waals surface area contributed by atoms with Gasteiger partial charge in [-0.1, -0.05) is 43.3 Å². The summed E-state index contributed by atoms with van der Waals surface area (Å²) in [6, 6.07) is 16.3. The molecule has 2 aromatic heterocycles. The number of ether oxygens (including phenoxy) is 1. The van der Waals surface area contributed by atoms with Gasteiger partial charge >= 0.3 is 0 Å². The SMILES string of the molecule is CCNC(=NCC(C)COCc1ccccc1)NCCc1cn2ccccc2n1.I. The predicted octanol–water partition coefficient (Wildman–Crippen LogP) is 3.90. The van der Waals surface area contributed by atoms with E-state index in [-0.39, 0.29) is 24.0 Å². The van der Waals surface area contributed by atoms with Gasteiger partial charge < -0.3 is 19.8 Å². The van der Waals surface area contributed by atoms with Crippen LogP contribution in [0.5, 0.6) is 0 Å². The van der Waals surface area contributed by atoms with Crippen LogP contribution in [0.2, 0.25) is 0 Å². The van der Waals surface area contributed by atoms with Gasteiger partial charge in [0.2, 0.25) is 0 Å². The summed E-state index contributed by atoms with van der Waals surface area (Å²) >= 11 is 0. The number of nitrogens with one attached hydrogen (secondary N) is 2. The van der Waals surface area contributed by atoms with E-state index in [0.717, 1.165) is 43.4 Å². The molecule has 0 bridgehead atoms. The van der Waals surface area contributed by atoms with Gasteiger partial charge in [0.25, 0.3) is 0 Å². The largest absolute Gasteiger partial charge is 0.376 e. The molecule has 0 saturated heterocycles. The Morgan fingerprint density at radius 2 is 1.93 bits per heavy atom. The molecule has 30 heavy (non-hydrogen) atoms. The fourth-order valence-corrected chi connectivity index (χ4v) is 3.01. The Morgan fingerprint density at radius 3 is 2.70 bits per heavy atom. The minimum absolute atomic E-state index is 0. The minimum atomic E-state index is 0. The Balaban J connectivity index is 0.00000320. The molecule has 0 fully saturated rings. The highest BCUT2D eigenvalue weighted by atomic mass is 127. The molecule has 0 saturated carbocycles. The zero-order chi connectivity index (χ0) is 20.3. The first-order chi connectivity index (χ1) is 14.2. The van der Waals surface area contributed by atoms with Crippen molar-refractivity contribution in [2.45, 2.75) is 26.9 Å². The number of aliphatic imine (C=N–C) groups is 1. The molecular formula is C23H32IN5O. The van der Waals surface area contributed by atoms with Crippen molar-refractivity contribution in [3.05, 3.63) is 72.2 Å². The van der Waals surface area contributed by atoms with Crippen LogP contribution in [0.25, 0.3) is 5.65 Å². The summed E-state index contributed by atoms with van der Waals surface area (Å²) in [5.74, 6) is 1.19. The molecule has 7 heteroatoms. The topological polar surface area (TPSA) is 63.0 Å². The van der Waals surface area contributed by atoms with Gasteiger partial charge in [0, 0.05) is 38.4 Å². The first-order valence-corrected chi connectivity index (χ1v) is 10.3. The van der Waals surface area contributed by atoms with Crippen molar-refractivity contribution in [2.75, 3.05) is 26.2 Å². The maximum atomic E-state index is 5.82. The highest BCUT2D eigenvalue weighted by Gasteiger charge is 2.05. The maximum absolute atomic E-state index is 5.82. The van der Waals surface area contributed by atoms with Gasteiger partial charge in [-0.15, -0.1) is 24.0 Å². The molecule has 6 nitrogen and oxygen atoms in total. The van der Waals surface area contributed by atoms with Crippen molar-refractivity contribution in [1.82, 2.24) is 20.0 Å². The molecule has 3 rings (SSSR count). The van der Waals surface area contributed by atoms with Crippen molar-refractivity contribution >= 4 is 35.6 Å². The predicted molar refractivity (Wildman–Crippen MR) is 134 cm³/mol. The smallest absolute Gasteiger partial charge is 0.191 e. The van der Waals surface area contributed by atoms with Crippen LogP contribution in [-0.4, -0.2) is 41.6 Å². The number of hydrogen-bond donors (Lipinski definition) is 2. The second kappa shape index (κ2) is 13.2. The van der Waals surface area contributed by atoms with Crippen molar-refractivity contribution in [1.29, 1.82) is 0 Å². The Bertz CT molecular complexity index is 864. The molecule has 2 N–H and O–H groups in total. The summed E-state index contributed by atoms with van der Waals surface area (Å²) in [4.78, 5) is 9.34. The van der Waals surface area contributed by atoms with Crippen LogP contribution >= 0.6 is 24.0 Å². The van der Waals surface area contributed by atoms with Gasteiger partial charge in [-0.25, -0.2) is 4.98 Å². The van der Waals surface area contributed by atoms with E-state index < -0.39 is 0 Å². The molecule has 1 unspecified atom stereocenters. The molecule has 0 aliphatic heterocycles. The average molecular weight is 521 g/mol. The van der Waals surface area contributed by atoms with Gasteiger partial charge in [-0.3, -0.25) is 4.99 Å². The van der Waals surface area contributed by atoms with Crippen LogP contribution in [-0.2, 0) is 17.8 Å². The van der Waals surface area contributed by atoms with Gasteiger partial charge in [-0.05, 0) is 30.5 Å². The number of halogens is 1. The molecule has 3 aromatic rings. The van der Waals surface area contributed by atoms with E-state index in [0.29, 0.717) is 19.1 Å². The number of benzene rings is 1. The lowest BCUT2D eigenvalue weighted by atomic mass is 10.2. The Morgan fingerprint density at radius 1 is 1.13 bits per heavy atom. The number of guanidine groups is 1. The number of pyridine rings is 1. The molecule has 2 heterocycles. The van der Waals surface area contributed by atoms with E-state index in [9.17, 15) is 0 Å². The molecule has 0 amide bonds. The minimum Gasteiger partial charge on any atom is -0.376 e. The maximum Gasteiger partial charge on any atom is 0.191 e. The molecule has 162 valence electrons. The lowest BCUT2D eigenvalue weighted by Gasteiger charge is -2.13. The van der Waals surface area contributed by atoms with E-state index in [4.69, 9.17) is 9.73 Å². The Hall–Kier alpha value is -2.13.